The van der Waals surface area contributed by atoms with Gasteiger partial charge in [-0.1, -0.05) is 17.7 Å². The molecule has 27 heavy (non-hydrogen) atoms. The van der Waals surface area contributed by atoms with Gasteiger partial charge < -0.3 is 10.1 Å². The van der Waals surface area contributed by atoms with Crippen LogP contribution in [0.2, 0.25) is 5.02 Å². The molecule has 1 aliphatic rings. The molecule has 2 aromatic carbocycles. The number of amides is 1. The number of hydrogen-bond acceptors (Lipinski definition) is 4. The third kappa shape index (κ3) is 4.30. The van der Waals surface area contributed by atoms with E-state index in [-0.39, 0.29) is 23.5 Å². The molecular formula is C18H18ClFN2O4S. The topological polar surface area (TPSA) is 75.7 Å². The van der Waals surface area contributed by atoms with Crippen LogP contribution >= 0.6 is 11.6 Å². The van der Waals surface area contributed by atoms with Gasteiger partial charge in [0.25, 0.3) is 5.91 Å². The van der Waals surface area contributed by atoms with Crippen molar-refractivity contribution in [3.8, 4) is 0 Å². The minimum absolute atomic E-state index is 0.140. The number of carbonyl (C=O) groups is 1. The summed E-state index contributed by atoms with van der Waals surface area (Å²) in [6.07, 6.45) is 0. The summed E-state index contributed by atoms with van der Waals surface area (Å²) in [7, 11) is -3.84. The van der Waals surface area contributed by atoms with Gasteiger partial charge in [-0.25, -0.2) is 12.8 Å². The number of sulfonamides is 1. The first kappa shape index (κ1) is 19.8. The standard InChI is InChI=1S/C18H18ClFN2O4S/c1-12-2-3-13(19)10-17(12)21-18(23)15-11-14(4-5-16(15)20)27(24,25)22-6-8-26-9-7-22/h2-5,10-11H,6-9H2,1H3,(H,21,23). The molecule has 1 saturated heterocycles. The summed E-state index contributed by atoms with van der Waals surface area (Å²) < 4.78 is 46.1. The number of hydrogen-bond donors (Lipinski definition) is 1. The van der Waals surface area contributed by atoms with E-state index in [1.54, 1.807) is 25.1 Å². The van der Waals surface area contributed by atoms with Gasteiger partial charge in [0, 0.05) is 23.8 Å². The molecule has 1 aliphatic heterocycles. The van der Waals surface area contributed by atoms with Gasteiger partial charge in [0.1, 0.15) is 5.82 Å². The van der Waals surface area contributed by atoms with Gasteiger partial charge in [-0.15, -0.1) is 0 Å². The number of carbonyl (C=O) groups excluding carboxylic acids is 1. The first-order valence-corrected chi connectivity index (χ1v) is 10.1. The van der Waals surface area contributed by atoms with Crippen LogP contribution in [0.25, 0.3) is 0 Å². The predicted molar refractivity (Wildman–Crippen MR) is 100 cm³/mol. The number of halogens is 2. The van der Waals surface area contributed by atoms with Crippen molar-refractivity contribution in [2.45, 2.75) is 11.8 Å². The largest absolute Gasteiger partial charge is 0.379 e. The van der Waals surface area contributed by atoms with Crippen LogP contribution in [-0.4, -0.2) is 44.9 Å². The van der Waals surface area contributed by atoms with Crippen molar-refractivity contribution in [1.82, 2.24) is 4.31 Å². The normalized spacial score (nSPS) is 15.5. The van der Waals surface area contributed by atoms with Crippen LogP contribution in [0.3, 0.4) is 0 Å². The number of morpholine rings is 1. The summed E-state index contributed by atoms with van der Waals surface area (Å²) in [6.45, 7) is 2.77. The maximum absolute atomic E-state index is 14.2. The van der Waals surface area contributed by atoms with Crippen molar-refractivity contribution in [1.29, 1.82) is 0 Å². The molecule has 144 valence electrons. The monoisotopic (exact) mass is 412 g/mol. The van der Waals surface area contributed by atoms with Crippen LogP contribution in [0.1, 0.15) is 15.9 Å². The molecule has 0 aliphatic carbocycles. The molecule has 1 fully saturated rings. The number of rotatable bonds is 4. The first-order chi connectivity index (χ1) is 12.8. The lowest BCUT2D eigenvalue weighted by Crippen LogP contribution is -2.40. The van der Waals surface area contributed by atoms with Crippen LogP contribution in [0.4, 0.5) is 10.1 Å². The molecule has 1 amide bonds. The van der Waals surface area contributed by atoms with Gasteiger partial charge >= 0.3 is 0 Å². The van der Waals surface area contributed by atoms with Gasteiger partial charge in [-0.3, -0.25) is 4.79 Å². The minimum atomic E-state index is -3.84. The van der Waals surface area contributed by atoms with Crippen LogP contribution in [-0.2, 0) is 14.8 Å². The molecule has 0 saturated carbocycles. The van der Waals surface area contributed by atoms with Gasteiger partial charge in [-0.2, -0.15) is 4.31 Å². The zero-order valence-electron chi connectivity index (χ0n) is 14.5. The van der Waals surface area contributed by atoms with E-state index in [1.165, 1.54) is 4.31 Å². The highest BCUT2D eigenvalue weighted by Gasteiger charge is 2.28. The number of nitrogens with one attached hydrogen (secondary N) is 1. The molecular weight excluding hydrogens is 395 g/mol. The second kappa shape index (κ2) is 7.93. The number of anilines is 1. The van der Waals surface area contributed by atoms with Crippen molar-refractivity contribution in [2.24, 2.45) is 0 Å². The van der Waals surface area contributed by atoms with E-state index in [0.717, 1.165) is 23.8 Å². The Morgan fingerprint density at radius 3 is 2.59 bits per heavy atom. The fourth-order valence-electron chi connectivity index (χ4n) is 2.69. The Bertz CT molecular complexity index is 975. The second-order valence-electron chi connectivity index (χ2n) is 6.07. The van der Waals surface area contributed by atoms with Crippen LogP contribution < -0.4 is 5.32 Å². The highest BCUT2D eigenvalue weighted by Crippen LogP contribution is 2.23. The zero-order valence-corrected chi connectivity index (χ0v) is 16.1. The summed E-state index contributed by atoms with van der Waals surface area (Å²) in [5.74, 6) is -1.56. The van der Waals surface area contributed by atoms with Gasteiger partial charge in [0.05, 0.1) is 23.7 Å². The summed E-state index contributed by atoms with van der Waals surface area (Å²) in [5, 5.41) is 2.99. The molecule has 9 heteroatoms. The van der Waals surface area contributed by atoms with Crippen molar-refractivity contribution >= 4 is 33.2 Å². The molecule has 0 aromatic heterocycles. The summed E-state index contributed by atoms with van der Waals surface area (Å²) in [6, 6.07) is 8.11. The van der Waals surface area contributed by atoms with E-state index >= 15 is 0 Å². The lowest BCUT2D eigenvalue weighted by molar-refractivity contribution is 0.0730. The zero-order chi connectivity index (χ0) is 19.6. The molecule has 0 spiro atoms. The Hall–Kier alpha value is -2.00. The average Bonchev–Trinajstić information content (AvgIpc) is 2.65. The molecule has 6 nitrogen and oxygen atoms in total. The van der Waals surface area contributed by atoms with E-state index in [1.807, 2.05) is 0 Å². The first-order valence-electron chi connectivity index (χ1n) is 8.24. The van der Waals surface area contributed by atoms with Crippen LogP contribution in [0.5, 0.6) is 0 Å². The fraction of sp³-hybridized carbons (Fsp3) is 0.278. The number of aryl methyl sites for hydroxylation is 1. The Morgan fingerprint density at radius 1 is 1.19 bits per heavy atom. The highest BCUT2D eigenvalue weighted by atomic mass is 35.5. The molecule has 0 bridgehead atoms. The SMILES string of the molecule is Cc1ccc(Cl)cc1NC(=O)c1cc(S(=O)(=O)N2CCOCC2)ccc1F. The van der Waals surface area contributed by atoms with Crippen molar-refractivity contribution in [3.63, 3.8) is 0 Å². The Labute approximate surface area is 161 Å². The minimum Gasteiger partial charge on any atom is -0.379 e. The number of ether oxygens (including phenoxy) is 1. The van der Waals surface area contributed by atoms with E-state index in [9.17, 15) is 17.6 Å². The molecule has 0 radical (unpaired) electrons. The molecule has 1 heterocycles. The summed E-state index contributed by atoms with van der Waals surface area (Å²) in [4.78, 5) is 12.4. The van der Waals surface area contributed by atoms with Crippen molar-refractivity contribution in [3.05, 3.63) is 58.4 Å². The third-order valence-electron chi connectivity index (χ3n) is 4.24. The van der Waals surface area contributed by atoms with Gasteiger partial charge in [0.2, 0.25) is 10.0 Å². The van der Waals surface area contributed by atoms with E-state index < -0.39 is 21.7 Å². The third-order valence-corrected chi connectivity index (χ3v) is 6.37. The van der Waals surface area contributed by atoms with Crippen LogP contribution in [0, 0.1) is 12.7 Å². The van der Waals surface area contributed by atoms with Crippen molar-refractivity contribution < 1.29 is 22.3 Å². The van der Waals surface area contributed by atoms with Gasteiger partial charge in [0.15, 0.2) is 0 Å². The Kier molecular flexibility index (Phi) is 5.81. The maximum atomic E-state index is 14.2. The number of benzene rings is 2. The molecule has 1 N–H and O–H groups in total. The number of nitrogens with zero attached hydrogens (tertiary/aromatic N) is 1. The average molecular weight is 413 g/mol. The Balaban J connectivity index is 1.91. The lowest BCUT2D eigenvalue weighted by atomic mass is 10.1. The summed E-state index contributed by atoms with van der Waals surface area (Å²) in [5.41, 5.74) is 0.808. The van der Waals surface area contributed by atoms with Crippen LogP contribution in [0.15, 0.2) is 41.3 Å². The quantitative estimate of drug-likeness (QED) is 0.837. The molecule has 2 aromatic rings. The smallest absolute Gasteiger partial charge is 0.258 e. The molecule has 0 atom stereocenters. The van der Waals surface area contributed by atoms with E-state index in [0.29, 0.717) is 23.9 Å². The Morgan fingerprint density at radius 2 is 1.89 bits per heavy atom. The molecule has 3 rings (SSSR count). The predicted octanol–water partition coefficient (Wildman–Crippen LogP) is 3.06. The van der Waals surface area contributed by atoms with Gasteiger partial charge in [-0.05, 0) is 42.8 Å². The fourth-order valence-corrected chi connectivity index (χ4v) is 4.30. The van der Waals surface area contributed by atoms with E-state index in [2.05, 4.69) is 5.32 Å². The lowest BCUT2D eigenvalue weighted by Gasteiger charge is -2.26. The van der Waals surface area contributed by atoms with E-state index in [4.69, 9.17) is 16.3 Å². The maximum Gasteiger partial charge on any atom is 0.258 e. The molecule has 0 unspecified atom stereocenters. The second-order valence-corrected chi connectivity index (χ2v) is 8.45. The summed E-state index contributed by atoms with van der Waals surface area (Å²) >= 11 is 5.93. The van der Waals surface area contributed by atoms with Crippen molar-refractivity contribution in [2.75, 3.05) is 31.6 Å². The highest BCUT2D eigenvalue weighted by molar-refractivity contribution is 7.89.